The molecule has 2 saturated heterocycles. The molecule has 26 heavy (non-hydrogen) atoms. The summed E-state index contributed by atoms with van der Waals surface area (Å²) in [4.78, 5) is 17.7. The molecule has 144 valence electrons. The van der Waals surface area contributed by atoms with Crippen LogP contribution < -0.4 is 5.32 Å². The van der Waals surface area contributed by atoms with Crippen molar-refractivity contribution in [1.29, 1.82) is 0 Å². The SMILES string of the molecule is Cc1ccc(C)c(C(=O)N[C@@H]2CN(C3CCOCC3)C[C@H]2CN(C)C)c1. The molecule has 2 atom stereocenters. The molecule has 0 bridgehead atoms. The van der Waals surface area contributed by atoms with Crippen LogP contribution in [0.1, 0.15) is 34.3 Å². The Morgan fingerprint density at radius 1 is 1.23 bits per heavy atom. The Balaban J connectivity index is 1.70. The zero-order chi connectivity index (χ0) is 18.7. The van der Waals surface area contributed by atoms with Crippen LogP contribution in [0.5, 0.6) is 0 Å². The fraction of sp³-hybridized carbons (Fsp3) is 0.667. The smallest absolute Gasteiger partial charge is 0.251 e. The molecule has 1 N–H and O–H groups in total. The normalized spacial score (nSPS) is 25.0. The fourth-order valence-corrected chi connectivity index (χ4v) is 4.30. The van der Waals surface area contributed by atoms with Crippen LogP contribution in [0, 0.1) is 19.8 Å². The second-order valence-electron chi connectivity index (χ2n) is 8.22. The molecule has 2 aliphatic rings. The van der Waals surface area contributed by atoms with E-state index in [1.165, 1.54) is 0 Å². The molecule has 0 aromatic heterocycles. The average molecular weight is 360 g/mol. The molecule has 5 nitrogen and oxygen atoms in total. The van der Waals surface area contributed by atoms with Gasteiger partial charge in [0.2, 0.25) is 0 Å². The molecule has 1 aromatic rings. The minimum atomic E-state index is 0.0637. The van der Waals surface area contributed by atoms with E-state index in [0.29, 0.717) is 12.0 Å². The van der Waals surface area contributed by atoms with Gasteiger partial charge in [0, 0.05) is 56.4 Å². The lowest BCUT2D eigenvalue weighted by atomic mass is 10.0. The summed E-state index contributed by atoms with van der Waals surface area (Å²) in [5, 5.41) is 3.35. The van der Waals surface area contributed by atoms with Crippen LogP contribution in [-0.2, 0) is 4.74 Å². The monoisotopic (exact) mass is 359 g/mol. The van der Waals surface area contributed by atoms with Crippen LogP contribution >= 0.6 is 0 Å². The lowest BCUT2D eigenvalue weighted by Gasteiger charge is -2.31. The van der Waals surface area contributed by atoms with E-state index in [1.54, 1.807) is 0 Å². The molecule has 2 heterocycles. The van der Waals surface area contributed by atoms with Gasteiger partial charge in [-0.25, -0.2) is 0 Å². The highest BCUT2D eigenvalue weighted by atomic mass is 16.5. The largest absolute Gasteiger partial charge is 0.381 e. The number of hydrogen-bond acceptors (Lipinski definition) is 4. The third-order valence-corrected chi connectivity index (χ3v) is 5.73. The molecule has 1 amide bonds. The highest BCUT2D eigenvalue weighted by Gasteiger charge is 2.37. The minimum absolute atomic E-state index is 0.0637. The number of likely N-dealkylation sites (tertiary alicyclic amines) is 1. The Morgan fingerprint density at radius 3 is 2.65 bits per heavy atom. The Labute approximate surface area is 157 Å². The predicted molar refractivity (Wildman–Crippen MR) is 105 cm³/mol. The van der Waals surface area contributed by atoms with Gasteiger partial charge in [0.15, 0.2) is 0 Å². The van der Waals surface area contributed by atoms with E-state index in [1.807, 2.05) is 26.0 Å². The molecule has 3 rings (SSSR count). The summed E-state index contributed by atoms with van der Waals surface area (Å²) in [5.41, 5.74) is 2.97. The van der Waals surface area contributed by atoms with E-state index in [4.69, 9.17) is 4.74 Å². The standard InChI is InChI=1S/C21H33N3O2/c1-15-5-6-16(2)19(11-15)21(25)22-20-14-24(13-17(20)12-23(3)4)18-7-9-26-10-8-18/h5-6,11,17-18,20H,7-10,12-14H2,1-4H3,(H,22,25)/t17-,20-/m1/s1. The zero-order valence-corrected chi connectivity index (χ0v) is 16.6. The van der Waals surface area contributed by atoms with Crippen LogP contribution in [-0.4, -0.2) is 74.7 Å². The molecule has 0 saturated carbocycles. The second-order valence-corrected chi connectivity index (χ2v) is 8.22. The van der Waals surface area contributed by atoms with Crippen LogP contribution in [0.3, 0.4) is 0 Å². The summed E-state index contributed by atoms with van der Waals surface area (Å²) in [5.74, 6) is 0.524. The highest BCUT2D eigenvalue weighted by molar-refractivity contribution is 5.96. The van der Waals surface area contributed by atoms with Gasteiger partial charge in [-0.05, 0) is 52.4 Å². The van der Waals surface area contributed by atoms with Crippen molar-refractivity contribution < 1.29 is 9.53 Å². The molecule has 2 fully saturated rings. The van der Waals surface area contributed by atoms with Gasteiger partial charge >= 0.3 is 0 Å². The molecule has 0 radical (unpaired) electrons. The average Bonchev–Trinajstić information content (AvgIpc) is 2.99. The van der Waals surface area contributed by atoms with Gasteiger partial charge < -0.3 is 15.0 Å². The number of hydrogen-bond donors (Lipinski definition) is 1. The van der Waals surface area contributed by atoms with Crippen LogP contribution in [0.4, 0.5) is 0 Å². The number of benzene rings is 1. The first kappa shape index (κ1) is 19.3. The second kappa shape index (κ2) is 8.51. The van der Waals surface area contributed by atoms with Gasteiger partial charge in [0.1, 0.15) is 0 Å². The summed E-state index contributed by atoms with van der Waals surface area (Å²) in [6.07, 6.45) is 2.21. The Morgan fingerprint density at radius 2 is 1.96 bits per heavy atom. The number of nitrogens with zero attached hydrogens (tertiary/aromatic N) is 2. The van der Waals surface area contributed by atoms with Crippen molar-refractivity contribution in [1.82, 2.24) is 15.1 Å². The number of carbonyl (C=O) groups excluding carboxylic acids is 1. The fourth-order valence-electron chi connectivity index (χ4n) is 4.30. The summed E-state index contributed by atoms with van der Waals surface area (Å²) < 4.78 is 5.52. The Hall–Kier alpha value is -1.43. The van der Waals surface area contributed by atoms with Crippen molar-refractivity contribution in [3.63, 3.8) is 0 Å². The van der Waals surface area contributed by atoms with E-state index < -0.39 is 0 Å². The van der Waals surface area contributed by atoms with Crippen molar-refractivity contribution in [2.75, 3.05) is 46.9 Å². The Bertz CT molecular complexity index is 626. The third-order valence-electron chi connectivity index (χ3n) is 5.73. The van der Waals surface area contributed by atoms with Crippen LogP contribution in [0.15, 0.2) is 18.2 Å². The van der Waals surface area contributed by atoms with E-state index >= 15 is 0 Å². The molecular weight excluding hydrogens is 326 g/mol. The van der Waals surface area contributed by atoms with Gasteiger partial charge in [-0.2, -0.15) is 0 Å². The van der Waals surface area contributed by atoms with Crippen molar-refractivity contribution in [3.8, 4) is 0 Å². The van der Waals surface area contributed by atoms with Crippen LogP contribution in [0.25, 0.3) is 0 Å². The van der Waals surface area contributed by atoms with Crippen molar-refractivity contribution >= 4 is 5.91 Å². The molecule has 0 unspecified atom stereocenters. The molecular formula is C21H33N3O2. The van der Waals surface area contributed by atoms with E-state index in [9.17, 15) is 4.79 Å². The van der Waals surface area contributed by atoms with Gasteiger partial charge in [-0.1, -0.05) is 17.7 Å². The number of ether oxygens (including phenoxy) is 1. The number of carbonyl (C=O) groups is 1. The van der Waals surface area contributed by atoms with Gasteiger partial charge in [0.05, 0.1) is 0 Å². The number of aryl methyl sites for hydroxylation is 2. The Kier molecular flexibility index (Phi) is 6.33. The van der Waals surface area contributed by atoms with Gasteiger partial charge in [-0.3, -0.25) is 9.69 Å². The highest BCUT2D eigenvalue weighted by Crippen LogP contribution is 2.25. The van der Waals surface area contributed by atoms with E-state index in [0.717, 1.165) is 62.4 Å². The van der Waals surface area contributed by atoms with Gasteiger partial charge in [-0.15, -0.1) is 0 Å². The van der Waals surface area contributed by atoms with Crippen LogP contribution in [0.2, 0.25) is 0 Å². The van der Waals surface area contributed by atoms with Gasteiger partial charge in [0.25, 0.3) is 5.91 Å². The number of amides is 1. The first-order chi connectivity index (χ1) is 12.4. The molecule has 1 aromatic carbocycles. The lowest BCUT2D eigenvalue weighted by molar-refractivity contribution is 0.0403. The summed E-state index contributed by atoms with van der Waals surface area (Å²) in [7, 11) is 4.22. The number of nitrogens with one attached hydrogen (secondary N) is 1. The maximum absolute atomic E-state index is 12.9. The first-order valence-corrected chi connectivity index (χ1v) is 9.78. The molecule has 5 heteroatoms. The van der Waals surface area contributed by atoms with E-state index in [2.05, 4.69) is 35.3 Å². The zero-order valence-electron chi connectivity index (χ0n) is 16.6. The lowest BCUT2D eigenvalue weighted by Crippen LogP contribution is -2.44. The third kappa shape index (κ3) is 4.64. The molecule has 0 aliphatic carbocycles. The minimum Gasteiger partial charge on any atom is -0.381 e. The molecule has 0 spiro atoms. The van der Waals surface area contributed by atoms with Crippen molar-refractivity contribution in [3.05, 3.63) is 34.9 Å². The topological polar surface area (TPSA) is 44.8 Å². The maximum atomic E-state index is 12.9. The maximum Gasteiger partial charge on any atom is 0.251 e. The quantitative estimate of drug-likeness (QED) is 0.874. The molecule has 2 aliphatic heterocycles. The summed E-state index contributed by atoms with van der Waals surface area (Å²) in [6, 6.07) is 6.88. The van der Waals surface area contributed by atoms with E-state index in [-0.39, 0.29) is 11.9 Å². The summed E-state index contributed by atoms with van der Waals surface area (Å²) >= 11 is 0. The number of rotatable bonds is 5. The predicted octanol–water partition coefficient (Wildman–Crippen LogP) is 2.07. The van der Waals surface area contributed by atoms with Crippen molar-refractivity contribution in [2.24, 2.45) is 5.92 Å². The van der Waals surface area contributed by atoms with Crippen molar-refractivity contribution in [2.45, 2.75) is 38.8 Å². The first-order valence-electron chi connectivity index (χ1n) is 9.78. The summed E-state index contributed by atoms with van der Waals surface area (Å²) in [6.45, 7) is 8.76.